The number of rotatable bonds is 8. The Morgan fingerprint density at radius 1 is 1.14 bits per heavy atom. The van der Waals surface area contributed by atoms with Crippen molar-refractivity contribution in [2.24, 2.45) is 0 Å². The number of aromatic nitrogens is 1. The highest BCUT2D eigenvalue weighted by Gasteiger charge is 2.21. The molecule has 3 aromatic rings. The van der Waals surface area contributed by atoms with Gasteiger partial charge in [-0.1, -0.05) is 35.3 Å². The van der Waals surface area contributed by atoms with Gasteiger partial charge in [0.15, 0.2) is 6.04 Å². The number of hydrogen-bond donors (Lipinski definition) is 3. The van der Waals surface area contributed by atoms with Crippen LogP contribution in [-0.4, -0.2) is 41.7 Å². The predicted molar refractivity (Wildman–Crippen MR) is 133 cm³/mol. The zero-order valence-corrected chi connectivity index (χ0v) is 20.7. The molecule has 1 unspecified atom stereocenters. The molecule has 0 spiro atoms. The Balaban J connectivity index is 1.74. The second-order valence-electron chi connectivity index (χ2n) is 7.82. The maximum Gasteiger partial charge on any atom is 0.330 e. The molecule has 0 radical (unpaired) electrons. The number of carbonyl (C=O) groups is 2. The van der Waals surface area contributed by atoms with E-state index in [0.29, 0.717) is 22.0 Å². The van der Waals surface area contributed by atoms with Gasteiger partial charge in [0, 0.05) is 27.9 Å². The van der Waals surface area contributed by atoms with Crippen LogP contribution in [0.1, 0.15) is 34.5 Å². The molecule has 2 atom stereocenters. The fourth-order valence-electron chi connectivity index (χ4n) is 3.48. The first-order chi connectivity index (χ1) is 16.7. The van der Waals surface area contributed by atoms with Gasteiger partial charge in [-0.05, 0) is 55.3 Å². The van der Waals surface area contributed by atoms with Crippen LogP contribution < -0.4 is 10.6 Å². The average molecular weight is 520 g/mol. The van der Waals surface area contributed by atoms with Gasteiger partial charge in [-0.2, -0.15) is 0 Å². The van der Waals surface area contributed by atoms with Crippen molar-refractivity contribution in [1.29, 1.82) is 0 Å². The van der Waals surface area contributed by atoms with Crippen molar-refractivity contribution >= 4 is 40.9 Å². The monoisotopic (exact) mass is 519 g/mol. The zero-order chi connectivity index (χ0) is 25.7. The van der Waals surface area contributed by atoms with Crippen molar-refractivity contribution in [1.82, 2.24) is 10.3 Å². The lowest BCUT2D eigenvalue weighted by Gasteiger charge is -2.19. The van der Waals surface area contributed by atoms with Crippen molar-refractivity contribution in [3.8, 4) is 11.1 Å². The molecule has 0 bridgehead atoms. The number of nitrogens with zero attached hydrogens (tertiary/aromatic N) is 1. The molecule has 1 heterocycles. The summed E-state index contributed by atoms with van der Waals surface area (Å²) >= 11 is 12.3. The lowest BCUT2D eigenvalue weighted by molar-refractivity contribution is -0.143. The summed E-state index contributed by atoms with van der Waals surface area (Å²) in [6, 6.07) is 9.78. The summed E-state index contributed by atoms with van der Waals surface area (Å²) in [4.78, 5) is 28.4. The number of halogens is 3. The van der Waals surface area contributed by atoms with Crippen LogP contribution in [0, 0.1) is 12.7 Å². The van der Waals surface area contributed by atoms with Crippen LogP contribution in [0.15, 0.2) is 48.7 Å². The minimum atomic E-state index is -1.14. The van der Waals surface area contributed by atoms with E-state index in [1.54, 1.807) is 30.5 Å². The van der Waals surface area contributed by atoms with Crippen LogP contribution in [0.2, 0.25) is 10.0 Å². The molecule has 7 nitrogen and oxygen atoms in total. The van der Waals surface area contributed by atoms with E-state index >= 15 is 0 Å². The van der Waals surface area contributed by atoms with Gasteiger partial charge in [0.05, 0.1) is 24.8 Å². The highest BCUT2D eigenvalue weighted by molar-refractivity contribution is 6.36. The number of carbonyl (C=O) groups excluding carboxylic acids is 2. The molecule has 1 aromatic heterocycles. The number of pyridine rings is 1. The number of methoxy groups -OCH3 is 1. The summed E-state index contributed by atoms with van der Waals surface area (Å²) in [5.41, 5.74) is 3.24. The third-order valence-electron chi connectivity index (χ3n) is 5.40. The van der Waals surface area contributed by atoms with Crippen LogP contribution in [0.5, 0.6) is 0 Å². The number of anilines is 1. The molecule has 0 aliphatic heterocycles. The molecule has 3 rings (SSSR count). The molecule has 3 N–H and O–H groups in total. The summed E-state index contributed by atoms with van der Waals surface area (Å²) in [6.07, 6.45) is 1.67. The van der Waals surface area contributed by atoms with Crippen LogP contribution in [0.25, 0.3) is 11.1 Å². The van der Waals surface area contributed by atoms with E-state index in [1.165, 1.54) is 19.2 Å². The normalized spacial score (nSPS) is 12.5. The van der Waals surface area contributed by atoms with Gasteiger partial charge in [-0.15, -0.1) is 0 Å². The molecular formula is C25H24Cl2FN3O4. The van der Waals surface area contributed by atoms with Crippen molar-refractivity contribution in [2.75, 3.05) is 19.0 Å². The minimum Gasteiger partial charge on any atom is -0.467 e. The second kappa shape index (κ2) is 11.5. The topological polar surface area (TPSA) is 101 Å². The maximum atomic E-state index is 13.9. The number of aliphatic hydroxyl groups is 1. The quantitative estimate of drug-likeness (QED) is 0.288. The molecule has 0 aliphatic carbocycles. The second-order valence-corrected chi connectivity index (χ2v) is 8.61. The van der Waals surface area contributed by atoms with Gasteiger partial charge in [0.1, 0.15) is 11.6 Å². The van der Waals surface area contributed by atoms with E-state index in [4.69, 9.17) is 23.2 Å². The summed E-state index contributed by atoms with van der Waals surface area (Å²) in [5.74, 6) is -1.21. The third-order valence-corrected chi connectivity index (χ3v) is 6.11. The Morgan fingerprint density at radius 3 is 2.43 bits per heavy atom. The molecule has 35 heavy (non-hydrogen) atoms. The van der Waals surface area contributed by atoms with Crippen LogP contribution >= 0.6 is 23.2 Å². The molecule has 1 amide bonds. The maximum absolute atomic E-state index is 13.9. The summed E-state index contributed by atoms with van der Waals surface area (Å²) in [6.45, 7) is 3.12. The number of benzene rings is 2. The molecular weight excluding hydrogens is 496 g/mol. The summed E-state index contributed by atoms with van der Waals surface area (Å²) < 4.78 is 18.4. The predicted octanol–water partition coefficient (Wildman–Crippen LogP) is 4.94. The first-order valence-corrected chi connectivity index (χ1v) is 11.4. The number of ether oxygens (including phenoxy) is 1. The zero-order valence-electron chi connectivity index (χ0n) is 19.2. The van der Waals surface area contributed by atoms with Gasteiger partial charge in [-0.25, -0.2) is 14.2 Å². The van der Waals surface area contributed by atoms with Crippen LogP contribution in [0.3, 0.4) is 0 Å². The van der Waals surface area contributed by atoms with Gasteiger partial charge in [0.25, 0.3) is 5.91 Å². The van der Waals surface area contributed by atoms with Crippen molar-refractivity contribution in [2.45, 2.75) is 25.9 Å². The summed E-state index contributed by atoms with van der Waals surface area (Å²) in [7, 11) is 1.18. The molecule has 0 saturated carbocycles. The highest BCUT2D eigenvalue weighted by Crippen LogP contribution is 2.34. The lowest BCUT2D eigenvalue weighted by Crippen LogP contribution is -2.44. The number of esters is 1. The Morgan fingerprint density at radius 2 is 1.83 bits per heavy atom. The van der Waals surface area contributed by atoms with E-state index in [1.807, 2.05) is 19.9 Å². The first kappa shape index (κ1) is 26.4. The van der Waals surface area contributed by atoms with Crippen molar-refractivity contribution in [3.63, 3.8) is 0 Å². The Kier molecular flexibility index (Phi) is 8.67. The van der Waals surface area contributed by atoms with E-state index in [2.05, 4.69) is 20.4 Å². The third kappa shape index (κ3) is 6.08. The van der Waals surface area contributed by atoms with Gasteiger partial charge < -0.3 is 20.5 Å². The van der Waals surface area contributed by atoms with Gasteiger partial charge >= 0.3 is 5.97 Å². The number of aryl methyl sites for hydroxylation is 1. The molecule has 2 aromatic carbocycles. The van der Waals surface area contributed by atoms with Crippen molar-refractivity contribution < 1.29 is 23.8 Å². The fourth-order valence-corrected chi connectivity index (χ4v) is 4.18. The van der Waals surface area contributed by atoms with Gasteiger partial charge in [-0.3, -0.25) is 4.79 Å². The molecule has 184 valence electrons. The molecule has 0 aliphatic rings. The number of aliphatic hydroxyl groups excluding tert-OH is 1. The number of nitrogens with one attached hydrogen (secondary N) is 2. The van der Waals surface area contributed by atoms with Gasteiger partial charge in [0.2, 0.25) is 0 Å². The standard InChI is InChI=1S/C25H24Cl2FN3O4/c1-13-10-17(11-29-23(13)30-14(2)21-18(26)8-9-19(28)22(21)27)15-4-6-16(7-5-15)24(33)31-20(12-32)25(34)35-3/h4-11,14,20,32H,12H2,1-3H3,(H,29,30)(H,31,33)/t14-,20?/m0/s1. The first-order valence-electron chi connectivity index (χ1n) is 10.6. The number of amides is 1. The highest BCUT2D eigenvalue weighted by atomic mass is 35.5. The van der Waals surface area contributed by atoms with E-state index in [9.17, 15) is 19.1 Å². The molecule has 0 fully saturated rings. The number of hydrogen-bond acceptors (Lipinski definition) is 6. The van der Waals surface area contributed by atoms with Crippen LogP contribution in [-0.2, 0) is 9.53 Å². The van der Waals surface area contributed by atoms with Crippen molar-refractivity contribution in [3.05, 3.63) is 81.2 Å². The molecule has 10 heteroatoms. The smallest absolute Gasteiger partial charge is 0.330 e. The minimum absolute atomic E-state index is 0.0344. The fraction of sp³-hybridized carbons (Fsp3) is 0.240. The Labute approximate surface area is 212 Å². The average Bonchev–Trinajstić information content (AvgIpc) is 2.85. The Bertz CT molecular complexity index is 1240. The largest absolute Gasteiger partial charge is 0.467 e. The Hall–Kier alpha value is -3.20. The van der Waals surface area contributed by atoms with Crippen LogP contribution in [0.4, 0.5) is 10.2 Å². The summed E-state index contributed by atoms with van der Waals surface area (Å²) in [5, 5.41) is 15.2. The van der Waals surface area contributed by atoms with E-state index in [0.717, 1.165) is 16.7 Å². The van der Waals surface area contributed by atoms with E-state index < -0.39 is 36.4 Å². The molecule has 0 saturated heterocycles. The van der Waals surface area contributed by atoms with E-state index in [-0.39, 0.29) is 5.02 Å². The lowest BCUT2D eigenvalue weighted by atomic mass is 10.0. The SMILES string of the molecule is COC(=O)C(CO)NC(=O)c1ccc(-c2cnc(N[C@@H](C)c3c(Cl)ccc(F)c3Cl)c(C)c2)cc1.